The molecule has 486 valence electrons. The van der Waals surface area contributed by atoms with Gasteiger partial charge in [-0.05, 0) is 38.7 Å². The van der Waals surface area contributed by atoms with Gasteiger partial charge in [-0.25, -0.2) is 9.36 Å². The number of hydrazine groups is 1. The summed E-state index contributed by atoms with van der Waals surface area (Å²) in [7, 11) is -4.65. The number of unbranched alkanes of at least 4 members (excludes halogenated alkanes) is 26. The number of esters is 2. The SMILES string of the molecule is CCCCCCCCCCCCCCCC(=O)OCC(COP(=O)(O)OCCNC(=O)CCCCCn1cc(CCC2=NN=C(c3ccccc3)NN2C(=O)OC(C)c2ccccc2[N+](=O)[O-])nn1)OC(=O)CCCCCCCCCCCCCCC. The van der Waals surface area contributed by atoms with Gasteiger partial charge in [0.15, 0.2) is 17.8 Å². The largest absolute Gasteiger partial charge is 0.472 e. The number of nitrogens with zero attached hydrogens (tertiary/aromatic N) is 7. The monoisotopic (exact) mass is 1240 g/mol. The molecule has 1 aromatic heterocycles. The van der Waals surface area contributed by atoms with Gasteiger partial charge in [0.05, 0.1) is 29.4 Å². The van der Waals surface area contributed by atoms with Crippen LogP contribution in [0.5, 0.6) is 0 Å². The molecule has 3 unspecified atom stereocenters. The maximum atomic E-state index is 13.6. The quantitative estimate of drug-likeness (QED) is 0.0118. The summed E-state index contributed by atoms with van der Waals surface area (Å²) in [6.07, 6.45) is 32.7. The molecule has 2 amide bonds. The van der Waals surface area contributed by atoms with Crippen molar-refractivity contribution in [1.29, 1.82) is 0 Å². The molecule has 3 aromatic rings. The zero-order valence-corrected chi connectivity index (χ0v) is 53.3. The molecule has 3 N–H and O–H groups in total. The molecule has 0 fully saturated rings. The summed E-state index contributed by atoms with van der Waals surface area (Å²) in [5, 5.41) is 32.7. The fourth-order valence-electron chi connectivity index (χ4n) is 10.0. The number of carbonyl (C=O) groups excluding carboxylic acids is 4. The number of hydrogen-bond donors (Lipinski definition) is 3. The van der Waals surface area contributed by atoms with Crippen LogP contribution in [0.2, 0.25) is 0 Å². The smallest absolute Gasteiger partial charge is 0.462 e. The standard InChI is InChI=1S/C64H102N9O13P/c1-4-6-8-10-12-14-16-18-20-22-24-26-33-43-61(75)82-51-56(86-62(76)44-34-27-25-23-21-19-17-15-13-11-9-7-5-2)52-84-87(80,81)83-49-47-65-60(74)42-32-29-37-48-71-50-55(66-70-71)45-46-59-67-68-63(54-38-30-28-31-39-54)69-72(59)64(77)85-53(3)57-40-35-36-41-58(57)73(78)79/h28,30-31,35-36,38-41,50,53,56H,4-27,29,32-34,37,42-49,51-52H2,1-3H3,(H,65,74)(H,68,69)(H,80,81). The lowest BCUT2D eigenvalue weighted by atomic mass is 10.0. The summed E-state index contributed by atoms with van der Waals surface area (Å²) in [6, 6.07) is 15.1. The van der Waals surface area contributed by atoms with Crippen molar-refractivity contribution < 1.29 is 56.8 Å². The first-order valence-electron chi connectivity index (χ1n) is 32.6. The van der Waals surface area contributed by atoms with Gasteiger partial charge in [0.2, 0.25) is 5.91 Å². The Labute approximate surface area is 516 Å². The third-order valence-electron chi connectivity index (χ3n) is 15.1. The number of nitro benzene ring substituents is 1. The highest BCUT2D eigenvalue weighted by molar-refractivity contribution is 7.47. The Hall–Kier alpha value is -6.09. The molecule has 3 atom stereocenters. The average Bonchev–Trinajstić information content (AvgIpc) is 4.16. The van der Waals surface area contributed by atoms with E-state index in [2.05, 4.69) is 45.1 Å². The van der Waals surface area contributed by atoms with Crippen LogP contribution in [0.1, 0.15) is 256 Å². The van der Waals surface area contributed by atoms with Crippen LogP contribution in [0.25, 0.3) is 0 Å². The van der Waals surface area contributed by atoms with Crippen molar-refractivity contribution in [3.8, 4) is 0 Å². The van der Waals surface area contributed by atoms with Crippen molar-refractivity contribution in [3.05, 3.63) is 87.7 Å². The molecule has 22 nitrogen and oxygen atoms in total. The molecule has 0 radical (unpaired) electrons. The van der Waals surface area contributed by atoms with Gasteiger partial charge < -0.3 is 24.4 Å². The van der Waals surface area contributed by atoms with E-state index in [4.69, 9.17) is 23.3 Å². The first-order chi connectivity index (χ1) is 42.3. The number of carbonyl (C=O) groups is 4. The van der Waals surface area contributed by atoms with E-state index in [1.807, 2.05) is 18.2 Å². The third kappa shape index (κ3) is 33.2. The number of amides is 2. The van der Waals surface area contributed by atoms with Gasteiger partial charge in [0.1, 0.15) is 12.7 Å². The summed E-state index contributed by atoms with van der Waals surface area (Å²) in [6.45, 7) is 5.33. The van der Waals surface area contributed by atoms with Crippen molar-refractivity contribution in [2.45, 2.75) is 258 Å². The Balaban J connectivity index is 1.13. The van der Waals surface area contributed by atoms with Crippen molar-refractivity contribution >= 4 is 49.1 Å². The number of ether oxygens (including phenoxy) is 3. The Morgan fingerprint density at radius 2 is 1.20 bits per heavy atom. The van der Waals surface area contributed by atoms with E-state index < -0.39 is 49.6 Å². The molecular formula is C64H102N9O13P. The van der Waals surface area contributed by atoms with Crippen LogP contribution in [-0.4, -0.2) is 97.9 Å². The second-order valence-corrected chi connectivity index (χ2v) is 24.1. The first-order valence-corrected chi connectivity index (χ1v) is 34.1. The fraction of sp³-hybridized carbons (Fsp3) is 0.688. The number of nitrogens with one attached hydrogen (secondary N) is 2. The van der Waals surface area contributed by atoms with Gasteiger partial charge in [-0.1, -0.05) is 222 Å². The molecular weight excluding hydrogens is 1130 g/mol. The lowest BCUT2D eigenvalue weighted by Crippen LogP contribution is -2.52. The van der Waals surface area contributed by atoms with Crippen LogP contribution >= 0.6 is 7.82 Å². The van der Waals surface area contributed by atoms with E-state index in [0.29, 0.717) is 62.2 Å². The Bertz CT molecular complexity index is 2530. The molecule has 0 spiro atoms. The van der Waals surface area contributed by atoms with E-state index in [9.17, 15) is 38.8 Å². The van der Waals surface area contributed by atoms with Crippen molar-refractivity contribution in [1.82, 2.24) is 30.7 Å². The lowest BCUT2D eigenvalue weighted by molar-refractivity contribution is -0.386. The second kappa shape index (κ2) is 45.2. The molecule has 4 rings (SSSR count). The van der Waals surface area contributed by atoms with Crippen LogP contribution in [0.3, 0.4) is 0 Å². The van der Waals surface area contributed by atoms with Crippen LogP contribution in [-0.2, 0) is 55.2 Å². The van der Waals surface area contributed by atoms with Crippen LogP contribution in [0.15, 0.2) is 71.0 Å². The lowest BCUT2D eigenvalue weighted by Gasteiger charge is -2.28. The van der Waals surface area contributed by atoms with Gasteiger partial charge in [0.25, 0.3) is 5.69 Å². The molecule has 0 saturated carbocycles. The normalized spacial score (nSPS) is 13.6. The van der Waals surface area contributed by atoms with E-state index in [1.54, 1.807) is 42.1 Å². The number of nitro groups is 1. The molecule has 2 heterocycles. The number of aryl methyl sites for hydroxylation is 2. The van der Waals surface area contributed by atoms with Crippen molar-refractivity contribution in [2.75, 3.05) is 26.4 Å². The highest BCUT2D eigenvalue weighted by atomic mass is 31.2. The summed E-state index contributed by atoms with van der Waals surface area (Å²) in [4.78, 5) is 73.6. The Kier molecular flexibility index (Phi) is 38.1. The number of benzene rings is 2. The van der Waals surface area contributed by atoms with Gasteiger partial charge >= 0.3 is 25.9 Å². The second-order valence-electron chi connectivity index (χ2n) is 22.6. The predicted octanol–water partition coefficient (Wildman–Crippen LogP) is 14.8. The number of phosphoric acid groups is 1. The first kappa shape index (κ1) is 73.4. The van der Waals surface area contributed by atoms with Crippen molar-refractivity contribution in [3.63, 3.8) is 0 Å². The maximum absolute atomic E-state index is 13.6. The van der Waals surface area contributed by atoms with Crippen LogP contribution in [0, 0.1) is 10.1 Å². The third-order valence-corrected chi connectivity index (χ3v) is 16.1. The molecule has 1 aliphatic rings. The fourth-order valence-corrected chi connectivity index (χ4v) is 10.8. The maximum Gasteiger partial charge on any atom is 0.472 e. The van der Waals surface area contributed by atoms with Gasteiger partial charge in [-0.3, -0.25) is 43.7 Å². The summed E-state index contributed by atoms with van der Waals surface area (Å²) >= 11 is 0. The molecule has 0 saturated heterocycles. The number of para-hydroxylation sites is 1. The minimum Gasteiger partial charge on any atom is -0.462 e. The zero-order valence-electron chi connectivity index (χ0n) is 52.4. The number of aromatic nitrogens is 3. The summed E-state index contributed by atoms with van der Waals surface area (Å²) in [5.41, 5.74) is 4.35. The van der Waals surface area contributed by atoms with Crippen LogP contribution in [0.4, 0.5) is 10.5 Å². The van der Waals surface area contributed by atoms with Crippen LogP contribution < -0.4 is 10.7 Å². The number of phosphoric ester groups is 1. The van der Waals surface area contributed by atoms with E-state index in [-0.39, 0.29) is 68.4 Å². The van der Waals surface area contributed by atoms with E-state index in [1.165, 1.54) is 128 Å². The average molecular weight is 1240 g/mol. The minimum atomic E-state index is -4.65. The van der Waals surface area contributed by atoms with Gasteiger partial charge in [0, 0.05) is 63.0 Å². The van der Waals surface area contributed by atoms with Gasteiger partial charge in [-0.15, -0.1) is 15.3 Å². The molecule has 87 heavy (non-hydrogen) atoms. The van der Waals surface area contributed by atoms with E-state index in [0.717, 1.165) is 43.5 Å². The molecule has 0 aliphatic carbocycles. The number of hydrogen-bond acceptors (Lipinski definition) is 17. The topological polar surface area (TPSA) is 278 Å². The van der Waals surface area contributed by atoms with E-state index >= 15 is 0 Å². The van der Waals surface area contributed by atoms with Crippen molar-refractivity contribution in [2.24, 2.45) is 10.2 Å². The predicted molar refractivity (Wildman–Crippen MR) is 336 cm³/mol. The summed E-state index contributed by atoms with van der Waals surface area (Å²) < 4.78 is 41.7. The minimum absolute atomic E-state index is 0.0532. The zero-order chi connectivity index (χ0) is 62.6. The molecule has 1 aliphatic heterocycles. The Morgan fingerprint density at radius 3 is 1.79 bits per heavy atom. The summed E-state index contributed by atoms with van der Waals surface area (Å²) in [5.74, 6) is -0.663. The number of amidine groups is 2. The highest BCUT2D eigenvalue weighted by Crippen LogP contribution is 2.43. The number of rotatable bonds is 51. The molecule has 0 bridgehead atoms. The molecule has 23 heteroatoms. The van der Waals surface area contributed by atoms with Gasteiger partial charge in [-0.2, -0.15) is 5.01 Å². The Morgan fingerprint density at radius 1 is 0.655 bits per heavy atom. The molecule has 2 aromatic carbocycles. The highest BCUT2D eigenvalue weighted by Gasteiger charge is 2.31.